The van der Waals surface area contributed by atoms with Gasteiger partial charge in [0.25, 0.3) is 0 Å². The first-order valence-corrected chi connectivity index (χ1v) is 8.43. The summed E-state index contributed by atoms with van der Waals surface area (Å²) in [6, 6.07) is 7.29. The summed E-state index contributed by atoms with van der Waals surface area (Å²) in [7, 11) is 1.59. The molecule has 1 aliphatic rings. The molecule has 1 heterocycles. The largest absolute Gasteiger partial charge is 0.497 e. The van der Waals surface area contributed by atoms with E-state index in [0.717, 1.165) is 38.0 Å². The molecule has 128 valence electrons. The molecule has 1 amide bonds. The summed E-state index contributed by atoms with van der Waals surface area (Å²) in [5, 5.41) is 13.0. The fourth-order valence-electron chi connectivity index (χ4n) is 3.02. The van der Waals surface area contributed by atoms with Crippen LogP contribution < -0.4 is 10.1 Å². The first-order chi connectivity index (χ1) is 11.1. The van der Waals surface area contributed by atoms with Gasteiger partial charge in [-0.25, -0.2) is 0 Å². The predicted octanol–water partition coefficient (Wildman–Crippen LogP) is 1.97. The number of ether oxygens (including phenoxy) is 1. The molecule has 0 spiro atoms. The number of aliphatic hydroxyl groups excluding tert-OH is 1. The van der Waals surface area contributed by atoms with E-state index in [1.54, 1.807) is 13.2 Å². The molecule has 2 N–H and O–H groups in total. The van der Waals surface area contributed by atoms with Crippen LogP contribution >= 0.6 is 0 Å². The van der Waals surface area contributed by atoms with E-state index in [4.69, 9.17) is 4.74 Å². The molecule has 5 nitrogen and oxygen atoms in total. The van der Waals surface area contributed by atoms with Crippen LogP contribution in [0, 0.1) is 5.92 Å². The molecule has 1 aliphatic heterocycles. The van der Waals surface area contributed by atoms with E-state index in [1.165, 1.54) is 0 Å². The number of nitrogens with zero attached hydrogens (tertiary/aromatic N) is 1. The molecule has 0 saturated carbocycles. The molecular formula is C18H28N2O3. The molecule has 1 aromatic carbocycles. The van der Waals surface area contributed by atoms with Crippen LogP contribution in [0.1, 0.15) is 37.9 Å². The van der Waals surface area contributed by atoms with Crippen molar-refractivity contribution >= 4 is 5.91 Å². The number of likely N-dealkylation sites (tertiary alicyclic amines) is 1. The lowest BCUT2D eigenvalue weighted by Crippen LogP contribution is -2.36. The maximum absolute atomic E-state index is 12.1. The lowest BCUT2D eigenvalue weighted by atomic mass is 9.93. The lowest BCUT2D eigenvalue weighted by molar-refractivity contribution is -0.122. The summed E-state index contributed by atoms with van der Waals surface area (Å²) in [5.41, 5.74) is 0.751. The SMILES string of the molecule is CCN1CCC(CC(=O)NC[C@@H](O)c2cccc(OC)c2)CC1. The number of carbonyl (C=O) groups is 1. The van der Waals surface area contributed by atoms with Crippen LogP contribution in [-0.4, -0.2) is 49.2 Å². The van der Waals surface area contributed by atoms with Crippen molar-refractivity contribution in [3.05, 3.63) is 29.8 Å². The second kappa shape index (κ2) is 8.89. The van der Waals surface area contributed by atoms with Gasteiger partial charge in [-0.2, -0.15) is 0 Å². The monoisotopic (exact) mass is 320 g/mol. The lowest BCUT2D eigenvalue weighted by Gasteiger charge is -2.30. The van der Waals surface area contributed by atoms with Crippen LogP contribution in [-0.2, 0) is 4.79 Å². The third kappa shape index (κ3) is 5.52. The number of methoxy groups -OCH3 is 1. The third-order valence-electron chi connectivity index (χ3n) is 4.60. The van der Waals surface area contributed by atoms with Crippen molar-refractivity contribution in [3.8, 4) is 5.75 Å². The molecule has 1 aromatic rings. The fourth-order valence-corrected chi connectivity index (χ4v) is 3.02. The first kappa shape index (κ1) is 17.8. The van der Waals surface area contributed by atoms with E-state index in [1.807, 2.05) is 18.2 Å². The predicted molar refractivity (Wildman–Crippen MR) is 90.4 cm³/mol. The van der Waals surface area contributed by atoms with Crippen molar-refractivity contribution in [2.75, 3.05) is 33.3 Å². The van der Waals surface area contributed by atoms with Crippen molar-refractivity contribution < 1.29 is 14.6 Å². The Kier molecular flexibility index (Phi) is 6.86. The van der Waals surface area contributed by atoms with Gasteiger partial charge in [-0.3, -0.25) is 4.79 Å². The van der Waals surface area contributed by atoms with Crippen molar-refractivity contribution in [1.82, 2.24) is 10.2 Å². The van der Waals surface area contributed by atoms with Crippen LogP contribution in [0.25, 0.3) is 0 Å². The Morgan fingerprint density at radius 3 is 2.83 bits per heavy atom. The average molecular weight is 320 g/mol. The van der Waals surface area contributed by atoms with Gasteiger partial charge in [-0.05, 0) is 56.1 Å². The minimum atomic E-state index is -0.712. The zero-order chi connectivity index (χ0) is 16.7. The van der Waals surface area contributed by atoms with Crippen LogP contribution in [0.2, 0.25) is 0 Å². The highest BCUT2D eigenvalue weighted by Crippen LogP contribution is 2.21. The van der Waals surface area contributed by atoms with E-state index in [0.29, 0.717) is 18.1 Å². The normalized spacial score (nSPS) is 17.7. The van der Waals surface area contributed by atoms with Gasteiger partial charge in [0.1, 0.15) is 5.75 Å². The van der Waals surface area contributed by atoms with E-state index in [-0.39, 0.29) is 12.5 Å². The number of rotatable bonds is 7. The van der Waals surface area contributed by atoms with E-state index < -0.39 is 6.10 Å². The van der Waals surface area contributed by atoms with Gasteiger partial charge in [0, 0.05) is 13.0 Å². The van der Waals surface area contributed by atoms with Crippen molar-refractivity contribution in [3.63, 3.8) is 0 Å². The quantitative estimate of drug-likeness (QED) is 0.806. The molecule has 0 aliphatic carbocycles. The summed E-state index contributed by atoms with van der Waals surface area (Å²) < 4.78 is 5.15. The summed E-state index contributed by atoms with van der Waals surface area (Å²) in [4.78, 5) is 14.5. The number of piperidine rings is 1. The van der Waals surface area contributed by atoms with Crippen molar-refractivity contribution in [2.24, 2.45) is 5.92 Å². The highest BCUT2D eigenvalue weighted by molar-refractivity contribution is 5.76. The van der Waals surface area contributed by atoms with Crippen LogP contribution in [0.15, 0.2) is 24.3 Å². The Balaban J connectivity index is 1.73. The standard InChI is InChI=1S/C18H28N2O3/c1-3-20-9-7-14(8-10-20)11-18(22)19-13-17(21)15-5-4-6-16(12-15)23-2/h4-6,12,14,17,21H,3,7-11,13H2,1-2H3,(H,19,22)/t17-/m1/s1. The zero-order valence-corrected chi connectivity index (χ0v) is 14.1. The van der Waals surface area contributed by atoms with E-state index >= 15 is 0 Å². The maximum atomic E-state index is 12.1. The molecule has 1 fully saturated rings. The molecule has 2 rings (SSSR count). The van der Waals surface area contributed by atoms with Crippen LogP contribution in [0.3, 0.4) is 0 Å². The van der Waals surface area contributed by atoms with Gasteiger partial charge >= 0.3 is 0 Å². The highest BCUT2D eigenvalue weighted by Gasteiger charge is 2.21. The number of hydrogen-bond acceptors (Lipinski definition) is 4. The molecule has 0 bridgehead atoms. The molecule has 5 heteroatoms. The second-order valence-corrected chi connectivity index (χ2v) is 6.18. The van der Waals surface area contributed by atoms with Gasteiger partial charge in [0.2, 0.25) is 5.91 Å². The number of amides is 1. The van der Waals surface area contributed by atoms with Gasteiger partial charge in [0.05, 0.1) is 13.2 Å². The fraction of sp³-hybridized carbons (Fsp3) is 0.611. The Morgan fingerprint density at radius 2 is 2.17 bits per heavy atom. The van der Waals surface area contributed by atoms with Crippen LogP contribution in [0.4, 0.5) is 0 Å². The third-order valence-corrected chi connectivity index (χ3v) is 4.60. The number of benzene rings is 1. The van der Waals surface area contributed by atoms with Crippen LogP contribution in [0.5, 0.6) is 5.75 Å². The summed E-state index contributed by atoms with van der Waals surface area (Å²) in [5.74, 6) is 1.20. The van der Waals surface area contributed by atoms with Gasteiger partial charge in [0.15, 0.2) is 0 Å². The summed E-state index contributed by atoms with van der Waals surface area (Å²) in [6.07, 6.45) is 2.01. The highest BCUT2D eigenvalue weighted by atomic mass is 16.5. The number of carbonyl (C=O) groups excluding carboxylic acids is 1. The Hall–Kier alpha value is -1.59. The number of hydrogen-bond donors (Lipinski definition) is 2. The first-order valence-electron chi connectivity index (χ1n) is 8.43. The van der Waals surface area contributed by atoms with Gasteiger partial charge in [-0.1, -0.05) is 19.1 Å². The van der Waals surface area contributed by atoms with E-state index in [2.05, 4.69) is 17.1 Å². The second-order valence-electron chi connectivity index (χ2n) is 6.18. The Bertz CT molecular complexity index is 499. The Morgan fingerprint density at radius 1 is 1.43 bits per heavy atom. The van der Waals surface area contributed by atoms with E-state index in [9.17, 15) is 9.90 Å². The minimum absolute atomic E-state index is 0.0295. The molecule has 0 aromatic heterocycles. The van der Waals surface area contributed by atoms with Crippen molar-refractivity contribution in [1.29, 1.82) is 0 Å². The molecule has 1 saturated heterocycles. The average Bonchev–Trinajstić information content (AvgIpc) is 2.60. The minimum Gasteiger partial charge on any atom is -0.497 e. The summed E-state index contributed by atoms with van der Waals surface area (Å²) in [6.45, 7) is 5.67. The summed E-state index contributed by atoms with van der Waals surface area (Å²) >= 11 is 0. The molecule has 23 heavy (non-hydrogen) atoms. The molecular weight excluding hydrogens is 292 g/mol. The number of nitrogens with one attached hydrogen (secondary N) is 1. The molecule has 1 atom stereocenters. The van der Waals surface area contributed by atoms with Gasteiger partial charge < -0.3 is 20.1 Å². The molecule has 0 radical (unpaired) electrons. The Labute approximate surface area is 138 Å². The topological polar surface area (TPSA) is 61.8 Å². The van der Waals surface area contributed by atoms with Gasteiger partial charge in [-0.15, -0.1) is 0 Å². The number of aliphatic hydroxyl groups is 1. The zero-order valence-electron chi connectivity index (χ0n) is 14.1. The van der Waals surface area contributed by atoms with Crippen molar-refractivity contribution in [2.45, 2.75) is 32.3 Å². The smallest absolute Gasteiger partial charge is 0.220 e. The molecule has 0 unspecified atom stereocenters. The maximum Gasteiger partial charge on any atom is 0.220 e.